The minimum Gasteiger partial charge on any atom is -0.468 e. The van der Waals surface area contributed by atoms with Gasteiger partial charge in [0.15, 0.2) is 16.6 Å². The summed E-state index contributed by atoms with van der Waals surface area (Å²) in [5.74, 6) is 0. The molecule has 0 saturated heterocycles. The van der Waals surface area contributed by atoms with Crippen LogP contribution in [0.15, 0.2) is 0 Å². The molecular formula is C14H38O6Si5. The predicted molar refractivity (Wildman–Crippen MR) is 114 cm³/mol. The predicted octanol–water partition coefficient (Wildman–Crippen LogP) is 4.37. The first-order valence-electron chi connectivity index (χ1n) is 8.75. The number of carbonyl (C=O) groups excluding carboxylic acids is 1. The topological polar surface area (TPSA) is 63.2 Å². The number of carbonyl (C=O) groups is 1. The zero-order valence-electron chi connectivity index (χ0n) is 17.9. The lowest BCUT2D eigenvalue weighted by atomic mass is 10.9. The van der Waals surface area contributed by atoms with E-state index >= 15 is 0 Å². The van der Waals surface area contributed by atoms with Crippen LogP contribution in [0.25, 0.3) is 0 Å². The third-order valence-corrected chi connectivity index (χ3v) is 20.8. The van der Waals surface area contributed by atoms with Crippen molar-refractivity contribution >= 4 is 48.8 Å². The summed E-state index contributed by atoms with van der Waals surface area (Å²) < 4.78 is 30.4. The molecule has 0 spiro atoms. The van der Waals surface area contributed by atoms with Gasteiger partial charge in [0.05, 0.1) is 6.61 Å². The molecule has 0 atom stereocenters. The molecule has 0 fully saturated rings. The van der Waals surface area contributed by atoms with E-state index in [4.69, 9.17) is 21.2 Å². The molecule has 0 unspecified atom stereocenters. The van der Waals surface area contributed by atoms with Crippen LogP contribution in [-0.4, -0.2) is 55.4 Å². The zero-order chi connectivity index (χ0) is 20.2. The van der Waals surface area contributed by atoms with Gasteiger partial charge in [0.25, 0.3) is 6.47 Å². The van der Waals surface area contributed by atoms with Crippen molar-refractivity contribution < 1.29 is 26.0 Å². The Kier molecular flexibility index (Phi) is 9.20. The fraction of sp³-hybridized carbons (Fsp3) is 0.929. The molecule has 0 rings (SSSR count). The first kappa shape index (κ1) is 25.4. The third-order valence-electron chi connectivity index (χ3n) is 2.95. The Morgan fingerprint density at radius 1 is 0.640 bits per heavy atom. The van der Waals surface area contributed by atoms with Crippen LogP contribution in [0.2, 0.25) is 78.1 Å². The average Bonchev–Trinajstić information content (AvgIpc) is 2.18. The van der Waals surface area contributed by atoms with E-state index in [1.807, 2.05) is 0 Å². The summed E-state index contributed by atoms with van der Waals surface area (Å²) in [6, 6.07) is 0.757. The van der Waals surface area contributed by atoms with Gasteiger partial charge in [-0.15, -0.1) is 0 Å². The standard InChI is InChI=1S/C14H38O6Si5/c1-21(2,3)17-23(6,7)19-25(10,11)20-24(8,9)18-22(4,5)13-12-16-14-15/h14H,12-13H2,1-11H3. The van der Waals surface area contributed by atoms with Crippen molar-refractivity contribution in [3.05, 3.63) is 0 Å². The molecule has 0 amide bonds. The van der Waals surface area contributed by atoms with E-state index in [-0.39, 0.29) is 0 Å². The third kappa shape index (κ3) is 13.2. The molecule has 11 heteroatoms. The fourth-order valence-electron chi connectivity index (χ4n) is 3.05. The second-order valence-corrected chi connectivity index (χ2v) is 29.1. The zero-order valence-corrected chi connectivity index (χ0v) is 22.9. The molecule has 0 heterocycles. The van der Waals surface area contributed by atoms with Gasteiger partial charge in [0.2, 0.25) is 0 Å². The number of hydrogen-bond acceptors (Lipinski definition) is 6. The van der Waals surface area contributed by atoms with Crippen LogP contribution in [0.4, 0.5) is 0 Å². The summed E-state index contributed by atoms with van der Waals surface area (Å²) in [5, 5.41) is 0. The van der Waals surface area contributed by atoms with Crippen molar-refractivity contribution in [1.29, 1.82) is 0 Å². The minimum absolute atomic E-state index is 0.397. The van der Waals surface area contributed by atoms with Gasteiger partial charge in [0, 0.05) is 0 Å². The van der Waals surface area contributed by atoms with E-state index in [1.165, 1.54) is 0 Å². The maximum atomic E-state index is 10.3. The maximum absolute atomic E-state index is 10.3. The number of hydrogen-bond donors (Lipinski definition) is 0. The van der Waals surface area contributed by atoms with Gasteiger partial charge in [-0.3, -0.25) is 4.79 Å². The van der Waals surface area contributed by atoms with E-state index in [9.17, 15) is 4.79 Å². The van der Waals surface area contributed by atoms with Crippen molar-refractivity contribution in [3.63, 3.8) is 0 Å². The lowest BCUT2D eigenvalue weighted by molar-refractivity contribution is -0.128. The van der Waals surface area contributed by atoms with Crippen LogP contribution in [-0.2, 0) is 26.0 Å². The molecule has 0 N–H and O–H groups in total. The largest absolute Gasteiger partial charge is 0.468 e. The van der Waals surface area contributed by atoms with Crippen LogP contribution >= 0.6 is 0 Å². The van der Waals surface area contributed by atoms with Crippen LogP contribution in [0.5, 0.6) is 0 Å². The Hall–Kier alpha value is 0.394. The summed E-state index contributed by atoms with van der Waals surface area (Å²) in [7, 11) is -10.6. The first-order chi connectivity index (χ1) is 10.9. The summed E-state index contributed by atoms with van der Waals surface area (Å²) in [4.78, 5) is 10.3. The monoisotopic (exact) mass is 442 g/mol. The molecule has 0 aliphatic rings. The SMILES string of the molecule is C[Si](C)(C)O[Si](C)(C)O[Si](C)(C)O[Si](C)(C)O[Si](C)(C)CCOC=O. The molecule has 0 aliphatic carbocycles. The lowest BCUT2D eigenvalue weighted by Gasteiger charge is -2.41. The van der Waals surface area contributed by atoms with Crippen LogP contribution in [0.3, 0.4) is 0 Å². The van der Waals surface area contributed by atoms with Crippen LogP contribution in [0, 0.1) is 0 Å². The molecule has 0 aromatic rings. The average molecular weight is 443 g/mol. The highest BCUT2D eigenvalue weighted by Gasteiger charge is 2.45. The van der Waals surface area contributed by atoms with Crippen molar-refractivity contribution in [2.24, 2.45) is 0 Å². The first-order valence-corrected chi connectivity index (χ1v) is 23.7. The molecule has 0 radical (unpaired) electrons. The maximum Gasteiger partial charge on any atom is 0.314 e. The van der Waals surface area contributed by atoms with Gasteiger partial charge in [-0.1, -0.05) is 0 Å². The van der Waals surface area contributed by atoms with Gasteiger partial charge in [-0.2, -0.15) is 0 Å². The van der Waals surface area contributed by atoms with E-state index in [0.29, 0.717) is 13.1 Å². The molecule has 0 aliphatic heterocycles. The Balaban J connectivity index is 4.86. The fourth-order valence-corrected chi connectivity index (χ4v) is 26.4. The second kappa shape index (κ2) is 9.06. The Morgan fingerprint density at radius 2 is 1.04 bits per heavy atom. The number of ether oxygens (including phenoxy) is 1. The molecule has 25 heavy (non-hydrogen) atoms. The molecule has 6 nitrogen and oxygen atoms in total. The summed E-state index contributed by atoms with van der Waals surface area (Å²) in [5.41, 5.74) is 0. The summed E-state index contributed by atoms with van der Waals surface area (Å²) in [6.07, 6.45) is 0. The minimum atomic E-state index is -2.38. The summed E-state index contributed by atoms with van der Waals surface area (Å²) >= 11 is 0. The molecule has 0 aromatic carbocycles. The lowest BCUT2D eigenvalue weighted by Crippen LogP contribution is -2.58. The highest BCUT2D eigenvalue weighted by atomic mass is 28.5. The van der Waals surface area contributed by atoms with Gasteiger partial charge in [-0.25, -0.2) is 0 Å². The quantitative estimate of drug-likeness (QED) is 0.254. The molecule has 150 valence electrons. The van der Waals surface area contributed by atoms with Crippen molar-refractivity contribution in [2.75, 3.05) is 6.61 Å². The van der Waals surface area contributed by atoms with E-state index in [0.717, 1.165) is 6.04 Å². The highest BCUT2D eigenvalue weighted by molar-refractivity contribution is 6.90. The van der Waals surface area contributed by atoms with E-state index in [1.54, 1.807) is 0 Å². The molecular weight excluding hydrogens is 405 g/mol. The van der Waals surface area contributed by atoms with Crippen molar-refractivity contribution in [2.45, 2.75) is 78.1 Å². The molecule has 0 bridgehead atoms. The van der Waals surface area contributed by atoms with Gasteiger partial charge in [0.1, 0.15) is 0 Å². The smallest absolute Gasteiger partial charge is 0.314 e. The molecule has 0 aromatic heterocycles. The number of rotatable bonds is 12. The van der Waals surface area contributed by atoms with E-state index < -0.39 is 42.3 Å². The van der Waals surface area contributed by atoms with Crippen LogP contribution in [0.1, 0.15) is 0 Å². The van der Waals surface area contributed by atoms with Gasteiger partial charge >= 0.3 is 25.7 Å². The molecule has 0 saturated carbocycles. The summed E-state index contributed by atoms with van der Waals surface area (Å²) in [6.45, 7) is 24.1. The Bertz CT molecular complexity index is 434. The van der Waals surface area contributed by atoms with Gasteiger partial charge in [-0.05, 0) is 78.1 Å². The van der Waals surface area contributed by atoms with Crippen molar-refractivity contribution in [3.8, 4) is 0 Å². The highest BCUT2D eigenvalue weighted by Crippen LogP contribution is 2.26. The van der Waals surface area contributed by atoms with Crippen LogP contribution < -0.4 is 0 Å². The Morgan fingerprint density at radius 3 is 1.44 bits per heavy atom. The van der Waals surface area contributed by atoms with Gasteiger partial charge < -0.3 is 21.2 Å². The van der Waals surface area contributed by atoms with E-state index in [2.05, 4.69) is 72.0 Å². The Labute approximate surface area is 159 Å². The van der Waals surface area contributed by atoms with Crippen molar-refractivity contribution in [1.82, 2.24) is 0 Å². The second-order valence-electron chi connectivity index (χ2n) is 9.20. The normalized spacial score (nSPS) is 14.5.